The average molecular weight is 284 g/mol. The zero-order valence-corrected chi connectivity index (χ0v) is 10.1. The molecule has 0 aliphatic carbocycles. The van der Waals surface area contributed by atoms with Crippen molar-refractivity contribution in [3.8, 4) is 5.69 Å². The van der Waals surface area contributed by atoms with Gasteiger partial charge in [-0.1, -0.05) is 22.9 Å². The summed E-state index contributed by atoms with van der Waals surface area (Å²) in [6.07, 6.45) is 0. The number of carbonyl (C=O) groups is 2. The van der Waals surface area contributed by atoms with Gasteiger partial charge in [0.2, 0.25) is 0 Å². The van der Waals surface area contributed by atoms with Crippen molar-refractivity contribution in [1.29, 1.82) is 0 Å². The van der Waals surface area contributed by atoms with Gasteiger partial charge in [-0.05, 0) is 12.1 Å². The molecule has 0 spiro atoms. The van der Waals surface area contributed by atoms with E-state index in [1.54, 1.807) is 0 Å². The molecule has 1 aromatic carbocycles. The molecule has 1 heterocycles. The monoisotopic (exact) mass is 283 g/mol. The fourth-order valence-corrected chi connectivity index (χ4v) is 1.76. The Bertz CT molecular complexity index is 664. The summed E-state index contributed by atoms with van der Waals surface area (Å²) in [5.74, 6) is -2.79. The third kappa shape index (κ3) is 2.13. The lowest BCUT2D eigenvalue weighted by Gasteiger charge is -2.07. The summed E-state index contributed by atoms with van der Waals surface area (Å²) in [4.78, 5) is 22.5. The highest BCUT2D eigenvalue weighted by Crippen LogP contribution is 2.24. The second kappa shape index (κ2) is 4.65. The van der Waals surface area contributed by atoms with Crippen LogP contribution in [0.4, 0.5) is 4.39 Å². The van der Waals surface area contributed by atoms with Crippen molar-refractivity contribution >= 4 is 23.4 Å². The maximum absolute atomic E-state index is 13.7. The number of halogens is 2. The van der Waals surface area contributed by atoms with E-state index in [2.05, 4.69) is 10.3 Å². The molecule has 0 aliphatic rings. The van der Waals surface area contributed by atoms with Crippen LogP contribution in [0.1, 0.15) is 21.0 Å². The van der Waals surface area contributed by atoms with E-state index in [-0.39, 0.29) is 10.7 Å². The number of nitrogens with two attached hydrogens (primary N) is 2. The van der Waals surface area contributed by atoms with Crippen LogP contribution < -0.4 is 11.5 Å². The summed E-state index contributed by atoms with van der Waals surface area (Å²) in [5.41, 5.74) is 9.03. The molecular formula is C10H7ClFN5O2. The Hall–Kier alpha value is -2.48. The summed E-state index contributed by atoms with van der Waals surface area (Å²) in [7, 11) is 0. The zero-order valence-electron chi connectivity index (χ0n) is 9.30. The van der Waals surface area contributed by atoms with Crippen LogP contribution in [0.15, 0.2) is 18.2 Å². The van der Waals surface area contributed by atoms with Gasteiger partial charge in [-0.3, -0.25) is 9.59 Å². The molecule has 4 N–H and O–H groups in total. The molecular weight excluding hydrogens is 277 g/mol. The Balaban J connectivity index is 2.77. The number of para-hydroxylation sites is 1. The minimum Gasteiger partial charge on any atom is -0.364 e. The number of hydrogen-bond donors (Lipinski definition) is 2. The van der Waals surface area contributed by atoms with Gasteiger partial charge in [0.15, 0.2) is 11.4 Å². The van der Waals surface area contributed by atoms with E-state index in [4.69, 9.17) is 23.1 Å². The SMILES string of the molecule is NC(=O)c1nnn(-c2c(F)cccc2Cl)c1C(N)=O. The van der Waals surface area contributed by atoms with Crippen LogP contribution in [0.5, 0.6) is 0 Å². The van der Waals surface area contributed by atoms with E-state index in [1.165, 1.54) is 12.1 Å². The van der Waals surface area contributed by atoms with Crippen LogP contribution >= 0.6 is 11.6 Å². The van der Waals surface area contributed by atoms with Crippen molar-refractivity contribution in [3.63, 3.8) is 0 Å². The number of hydrogen-bond acceptors (Lipinski definition) is 4. The lowest BCUT2D eigenvalue weighted by atomic mass is 10.2. The molecule has 0 fully saturated rings. The molecule has 2 rings (SSSR count). The topological polar surface area (TPSA) is 117 Å². The fourth-order valence-electron chi connectivity index (χ4n) is 1.52. The van der Waals surface area contributed by atoms with Crippen LogP contribution in [0.3, 0.4) is 0 Å². The summed E-state index contributed by atoms with van der Waals surface area (Å²) in [6, 6.07) is 3.87. The molecule has 0 radical (unpaired) electrons. The van der Waals surface area contributed by atoms with Gasteiger partial charge in [0, 0.05) is 0 Å². The van der Waals surface area contributed by atoms with Gasteiger partial charge < -0.3 is 11.5 Å². The van der Waals surface area contributed by atoms with Crippen LogP contribution in [0.2, 0.25) is 5.02 Å². The van der Waals surface area contributed by atoms with Gasteiger partial charge in [-0.15, -0.1) is 5.10 Å². The molecule has 19 heavy (non-hydrogen) atoms. The number of benzene rings is 1. The van der Waals surface area contributed by atoms with E-state index in [0.717, 1.165) is 10.7 Å². The number of aromatic nitrogens is 3. The largest absolute Gasteiger partial charge is 0.364 e. The van der Waals surface area contributed by atoms with Gasteiger partial charge in [0.05, 0.1) is 5.02 Å². The van der Waals surface area contributed by atoms with E-state index < -0.39 is 29.0 Å². The van der Waals surface area contributed by atoms with Crippen LogP contribution in [0, 0.1) is 5.82 Å². The maximum atomic E-state index is 13.7. The number of amides is 2. The highest BCUT2D eigenvalue weighted by molar-refractivity contribution is 6.32. The summed E-state index contributed by atoms with van der Waals surface area (Å²) < 4.78 is 14.5. The molecule has 0 unspecified atom stereocenters. The van der Waals surface area contributed by atoms with Crippen molar-refractivity contribution in [2.45, 2.75) is 0 Å². The maximum Gasteiger partial charge on any atom is 0.271 e. The first kappa shape index (κ1) is 13.0. The first-order chi connectivity index (χ1) is 8.93. The van der Waals surface area contributed by atoms with E-state index in [9.17, 15) is 14.0 Å². The Morgan fingerprint density at radius 3 is 2.47 bits per heavy atom. The summed E-state index contributed by atoms with van der Waals surface area (Å²) >= 11 is 5.83. The lowest BCUT2D eigenvalue weighted by Crippen LogP contribution is -2.23. The van der Waals surface area contributed by atoms with Gasteiger partial charge in [0.1, 0.15) is 11.5 Å². The minimum absolute atomic E-state index is 0.0246. The van der Waals surface area contributed by atoms with Crippen molar-refractivity contribution in [3.05, 3.63) is 40.4 Å². The van der Waals surface area contributed by atoms with Crippen molar-refractivity contribution in [2.75, 3.05) is 0 Å². The predicted molar refractivity (Wildman–Crippen MR) is 63.4 cm³/mol. The molecule has 0 atom stereocenters. The molecule has 0 saturated carbocycles. The Kier molecular flexibility index (Phi) is 3.17. The van der Waals surface area contributed by atoms with Crippen molar-refractivity contribution in [2.24, 2.45) is 11.5 Å². The smallest absolute Gasteiger partial charge is 0.271 e. The molecule has 98 valence electrons. The van der Waals surface area contributed by atoms with Crippen LogP contribution in [-0.4, -0.2) is 26.8 Å². The van der Waals surface area contributed by atoms with E-state index in [1.807, 2.05) is 0 Å². The third-order valence-electron chi connectivity index (χ3n) is 2.29. The second-order valence-corrected chi connectivity index (χ2v) is 3.90. The molecule has 9 heteroatoms. The summed E-state index contributed by atoms with van der Waals surface area (Å²) in [6.45, 7) is 0. The number of primary amides is 2. The number of nitrogens with zero attached hydrogens (tertiary/aromatic N) is 3. The van der Waals surface area contributed by atoms with Gasteiger partial charge in [0.25, 0.3) is 11.8 Å². The van der Waals surface area contributed by atoms with Crippen molar-refractivity contribution in [1.82, 2.24) is 15.0 Å². The molecule has 2 aromatic rings. The van der Waals surface area contributed by atoms with Gasteiger partial charge in [-0.2, -0.15) is 0 Å². The zero-order chi connectivity index (χ0) is 14.2. The Morgan fingerprint density at radius 1 is 1.26 bits per heavy atom. The average Bonchev–Trinajstić information content (AvgIpc) is 2.73. The predicted octanol–water partition coefficient (Wildman–Crippen LogP) is 0.258. The molecule has 1 aromatic heterocycles. The number of carbonyl (C=O) groups excluding carboxylic acids is 2. The fraction of sp³-hybridized carbons (Fsp3) is 0. The molecule has 0 aliphatic heterocycles. The van der Waals surface area contributed by atoms with Gasteiger partial charge >= 0.3 is 0 Å². The van der Waals surface area contributed by atoms with E-state index >= 15 is 0 Å². The highest BCUT2D eigenvalue weighted by atomic mass is 35.5. The molecule has 0 saturated heterocycles. The van der Waals surface area contributed by atoms with E-state index in [0.29, 0.717) is 0 Å². The van der Waals surface area contributed by atoms with Crippen LogP contribution in [-0.2, 0) is 0 Å². The quantitative estimate of drug-likeness (QED) is 0.840. The Labute approximate surface area is 110 Å². The third-order valence-corrected chi connectivity index (χ3v) is 2.59. The molecule has 2 amide bonds. The first-order valence-electron chi connectivity index (χ1n) is 4.93. The van der Waals surface area contributed by atoms with Crippen LogP contribution in [0.25, 0.3) is 5.69 Å². The standard InChI is InChI=1S/C10H7ClFN5O2/c11-4-2-1-3-5(12)7(4)17-8(10(14)19)6(9(13)18)15-16-17/h1-3H,(H2,13,18)(H2,14,19). The highest BCUT2D eigenvalue weighted by Gasteiger charge is 2.25. The normalized spacial score (nSPS) is 10.4. The summed E-state index contributed by atoms with van der Waals surface area (Å²) in [5, 5.41) is 6.87. The first-order valence-corrected chi connectivity index (χ1v) is 5.31. The molecule has 0 bridgehead atoms. The lowest BCUT2D eigenvalue weighted by molar-refractivity contribution is 0.0960. The second-order valence-electron chi connectivity index (χ2n) is 3.50. The number of rotatable bonds is 3. The molecule has 7 nitrogen and oxygen atoms in total. The van der Waals surface area contributed by atoms with Gasteiger partial charge in [-0.25, -0.2) is 9.07 Å². The minimum atomic E-state index is -1.03. The van der Waals surface area contributed by atoms with Crippen molar-refractivity contribution < 1.29 is 14.0 Å². The Morgan fingerprint density at radius 2 is 1.95 bits per heavy atom.